The molecule has 104 valence electrons. The Morgan fingerprint density at radius 3 is 2.72 bits per heavy atom. The molecule has 0 aliphatic rings. The van der Waals surface area contributed by atoms with Crippen molar-refractivity contribution >= 4 is 52.3 Å². The molecule has 0 saturated heterocycles. The molecule has 0 radical (unpaired) electrons. The van der Waals surface area contributed by atoms with Crippen LogP contribution in [0.5, 0.6) is 0 Å². The molecule has 0 unspecified atom stereocenters. The fraction of sp³-hybridized carbons (Fsp3) is 0.400. The molecule has 1 aromatic heterocycles. The van der Waals surface area contributed by atoms with E-state index in [9.17, 15) is 9.59 Å². The summed E-state index contributed by atoms with van der Waals surface area (Å²) in [5, 5.41) is 5.52. The van der Waals surface area contributed by atoms with Gasteiger partial charge >= 0.3 is 0 Å². The van der Waals surface area contributed by atoms with Crippen LogP contribution in [0.1, 0.15) is 12.8 Å². The Labute approximate surface area is 126 Å². The second-order valence-corrected chi connectivity index (χ2v) is 4.23. The molecule has 1 aromatic rings. The predicted octanol–water partition coefficient (Wildman–Crippen LogP) is 1.92. The van der Waals surface area contributed by atoms with Crippen molar-refractivity contribution in [2.24, 2.45) is 0 Å². The summed E-state index contributed by atoms with van der Waals surface area (Å²) in [6.07, 6.45) is 2.67. The quantitative estimate of drug-likeness (QED) is 0.702. The van der Waals surface area contributed by atoms with Gasteiger partial charge < -0.3 is 15.6 Å². The lowest BCUT2D eigenvalue weighted by Gasteiger charge is -2.04. The number of pyridine rings is 1. The van der Waals surface area contributed by atoms with Crippen LogP contribution in [0.3, 0.4) is 0 Å². The highest BCUT2D eigenvalue weighted by molar-refractivity contribution is 9.10. The summed E-state index contributed by atoms with van der Waals surface area (Å²) >= 11 is 3.22. The molecule has 0 aromatic carbocycles. The molecule has 0 fully saturated rings. The van der Waals surface area contributed by atoms with Gasteiger partial charge in [-0.05, 0) is 42.0 Å². The fourth-order valence-corrected chi connectivity index (χ4v) is 1.53. The van der Waals surface area contributed by atoms with E-state index in [1.54, 1.807) is 6.07 Å². The monoisotopic (exact) mass is 359 g/mol. The smallest absolute Gasteiger partial charge is 0.271 e. The average Bonchev–Trinajstić information content (AvgIpc) is 2.24. The molecule has 3 N–H and O–H groups in total. The number of aromatic nitrogens is 1. The van der Waals surface area contributed by atoms with Gasteiger partial charge in [-0.1, -0.05) is 0 Å². The summed E-state index contributed by atoms with van der Waals surface area (Å²) in [4.78, 5) is 25.3. The second kappa shape index (κ2) is 10.4. The lowest BCUT2D eigenvalue weighted by atomic mass is 10.3. The SMILES string of the molecule is CNCCCC(=O)Nc1cc(Br)c[nH]c1=O.Cl.Cl. The van der Waals surface area contributed by atoms with Gasteiger partial charge in [-0.2, -0.15) is 0 Å². The Kier molecular flexibility index (Phi) is 11.4. The number of carbonyl (C=O) groups excluding carboxylic acids is 1. The van der Waals surface area contributed by atoms with Crippen LogP contribution in [0.25, 0.3) is 0 Å². The van der Waals surface area contributed by atoms with Crippen LogP contribution in [0.15, 0.2) is 21.5 Å². The fourth-order valence-electron chi connectivity index (χ4n) is 1.19. The van der Waals surface area contributed by atoms with E-state index in [4.69, 9.17) is 0 Å². The zero-order chi connectivity index (χ0) is 12.0. The van der Waals surface area contributed by atoms with Crippen molar-refractivity contribution in [3.05, 3.63) is 27.1 Å². The molecule has 0 bridgehead atoms. The summed E-state index contributed by atoms with van der Waals surface area (Å²) in [7, 11) is 1.83. The van der Waals surface area contributed by atoms with Crippen molar-refractivity contribution in [3.8, 4) is 0 Å². The molecule has 1 heterocycles. The van der Waals surface area contributed by atoms with E-state index >= 15 is 0 Å². The van der Waals surface area contributed by atoms with Crippen LogP contribution in [-0.2, 0) is 4.79 Å². The van der Waals surface area contributed by atoms with E-state index in [0.717, 1.165) is 17.4 Å². The summed E-state index contributed by atoms with van der Waals surface area (Å²) in [6, 6.07) is 1.58. The maximum atomic E-state index is 11.4. The first kappa shape index (κ1) is 19.8. The third-order valence-corrected chi connectivity index (χ3v) is 2.43. The molecule has 0 saturated carbocycles. The van der Waals surface area contributed by atoms with Crippen molar-refractivity contribution in [1.29, 1.82) is 0 Å². The normalized spacial score (nSPS) is 9.00. The number of halogens is 3. The van der Waals surface area contributed by atoms with E-state index in [-0.39, 0.29) is 42.0 Å². The van der Waals surface area contributed by atoms with Crippen LogP contribution in [0.2, 0.25) is 0 Å². The minimum absolute atomic E-state index is 0. The molecule has 0 spiro atoms. The Morgan fingerprint density at radius 2 is 2.11 bits per heavy atom. The first-order chi connectivity index (χ1) is 7.63. The molecular formula is C10H16BrCl2N3O2. The van der Waals surface area contributed by atoms with Crippen molar-refractivity contribution < 1.29 is 4.79 Å². The average molecular weight is 361 g/mol. The van der Waals surface area contributed by atoms with Crippen LogP contribution >= 0.6 is 40.7 Å². The minimum atomic E-state index is -0.301. The number of hydrogen-bond donors (Lipinski definition) is 3. The highest BCUT2D eigenvalue weighted by Gasteiger charge is 2.05. The van der Waals surface area contributed by atoms with Crippen molar-refractivity contribution in [1.82, 2.24) is 10.3 Å². The van der Waals surface area contributed by atoms with Gasteiger partial charge in [-0.25, -0.2) is 0 Å². The summed E-state index contributed by atoms with van der Waals surface area (Å²) in [5.41, 5.74) is -0.0333. The van der Waals surface area contributed by atoms with E-state index in [1.165, 1.54) is 6.20 Å². The molecule has 1 rings (SSSR count). The lowest BCUT2D eigenvalue weighted by molar-refractivity contribution is -0.116. The number of anilines is 1. The lowest BCUT2D eigenvalue weighted by Crippen LogP contribution is -2.20. The van der Waals surface area contributed by atoms with Gasteiger partial charge in [0.05, 0.1) is 0 Å². The number of carbonyl (C=O) groups is 1. The summed E-state index contributed by atoms with van der Waals surface area (Å²) in [5.74, 6) is -0.154. The van der Waals surface area contributed by atoms with Crippen LogP contribution < -0.4 is 16.2 Å². The molecule has 18 heavy (non-hydrogen) atoms. The van der Waals surface area contributed by atoms with Crippen molar-refractivity contribution in [3.63, 3.8) is 0 Å². The third kappa shape index (κ3) is 7.00. The number of aromatic amines is 1. The molecule has 0 aliphatic carbocycles. The maximum absolute atomic E-state index is 11.4. The van der Waals surface area contributed by atoms with Gasteiger partial charge in [-0.3, -0.25) is 9.59 Å². The zero-order valence-electron chi connectivity index (χ0n) is 9.79. The van der Waals surface area contributed by atoms with E-state index in [0.29, 0.717) is 6.42 Å². The number of amides is 1. The van der Waals surface area contributed by atoms with Crippen LogP contribution in [0, 0.1) is 0 Å². The van der Waals surface area contributed by atoms with E-state index < -0.39 is 0 Å². The highest BCUT2D eigenvalue weighted by Crippen LogP contribution is 2.10. The predicted molar refractivity (Wildman–Crippen MR) is 81.0 cm³/mol. The molecule has 1 amide bonds. The van der Waals surface area contributed by atoms with E-state index in [1.807, 2.05) is 7.05 Å². The largest absolute Gasteiger partial charge is 0.326 e. The van der Waals surface area contributed by atoms with Gasteiger partial charge in [0.25, 0.3) is 5.56 Å². The number of H-pyrrole nitrogens is 1. The Bertz CT molecular complexity index is 426. The Balaban J connectivity index is 0. The summed E-state index contributed by atoms with van der Waals surface area (Å²) < 4.78 is 0.720. The van der Waals surface area contributed by atoms with Crippen LogP contribution in [0.4, 0.5) is 5.69 Å². The van der Waals surface area contributed by atoms with Gasteiger partial charge in [0.2, 0.25) is 5.91 Å². The van der Waals surface area contributed by atoms with Crippen molar-refractivity contribution in [2.75, 3.05) is 18.9 Å². The van der Waals surface area contributed by atoms with Crippen LogP contribution in [-0.4, -0.2) is 24.5 Å². The van der Waals surface area contributed by atoms with Gasteiger partial charge in [0.1, 0.15) is 5.69 Å². The third-order valence-electron chi connectivity index (χ3n) is 1.97. The first-order valence-electron chi connectivity index (χ1n) is 4.96. The minimum Gasteiger partial charge on any atom is -0.326 e. The Morgan fingerprint density at radius 1 is 1.44 bits per heavy atom. The number of hydrogen-bond acceptors (Lipinski definition) is 3. The van der Waals surface area contributed by atoms with Gasteiger partial charge in [-0.15, -0.1) is 24.8 Å². The maximum Gasteiger partial charge on any atom is 0.271 e. The highest BCUT2D eigenvalue weighted by atomic mass is 79.9. The number of rotatable bonds is 5. The molecular weight excluding hydrogens is 345 g/mol. The Hall–Kier alpha value is -0.560. The molecule has 0 aliphatic heterocycles. The first-order valence-corrected chi connectivity index (χ1v) is 5.75. The van der Waals surface area contributed by atoms with Gasteiger partial charge in [0.15, 0.2) is 0 Å². The number of nitrogens with one attached hydrogen (secondary N) is 3. The van der Waals surface area contributed by atoms with Crippen molar-refractivity contribution in [2.45, 2.75) is 12.8 Å². The second-order valence-electron chi connectivity index (χ2n) is 3.32. The topological polar surface area (TPSA) is 74.0 Å². The molecule has 5 nitrogen and oxygen atoms in total. The van der Waals surface area contributed by atoms with E-state index in [2.05, 4.69) is 31.5 Å². The molecule has 8 heteroatoms. The summed E-state index contributed by atoms with van der Waals surface area (Å²) in [6.45, 7) is 0.780. The standard InChI is InChI=1S/C10H14BrN3O2.2ClH/c1-12-4-2-3-9(15)14-8-5-7(11)6-13-10(8)16;;/h5-6,12H,2-4H2,1H3,(H,13,16)(H,14,15);2*1H. The zero-order valence-corrected chi connectivity index (χ0v) is 13.0. The van der Waals surface area contributed by atoms with Gasteiger partial charge in [0, 0.05) is 17.1 Å². The molecule has 0 atom stereocenters.